The molecule has 16 heavy (non-hydrogen) atoms. The van der Waals surface area contributed by atoms with Crippen LogP contribution in [-0.4, -0.2) is 12.5 Å². The van der Waals surface area contributed by atoms with E-state index in [1.807, 2.05) is 0 Å². The van der Waals surface area contributed by atoms with Gasteiger partial charge in [-0.05, 0) is 24.6 Å². The maximum absolute atomic E-state index is 11.7. The Labute approximate surface area is 105 Å². The van der Waals surface area contributed by atoms with E-state index in [2.05, 4.69) is 11.2 Å². The maximum Gasteiger partial charge on any atom is 0.252 e. The van der Waals surface area contributed by atoms with Crippen LogP contribution in [-0.2, 0) is 0 Å². The highest BCUT2D eigenvalue weighted by atomic mass is 35.5. The lowest BCUT2D eigenvalue weighted by Gasteiger charge is -2.06. The van der Waals surface area contributed by atoms with Crippen molar-refractivity contribution in [3.8, 4) is 12.3 Å². The maximum atomic E-state index is 11.7. The number of unbranched alkanes of at least 4 members (excludes halogenated alkanes) is 1. The lowest BCUT2D eigenvalue weighted by molar-refractivity contribution is 0.0953. The van der Waals surface area contributed by atoms with E-state index in [4.69, 9.17) is 29.6 Å². The van der Waals surface area contributed by atoms with Gasteiger partial charge >= 0.3 is 0 Å². The number of hydrogen-bond acceptors (Lipinski definition) is 1. The average molecular weight is 256 g/mol. The summed E-state index contributed by atoms with van der Waals surface area (Å²) in [5, 5.41) is 3.60. The minimum Gasteiger partial charge on any atom is -0.352 e. The number of halogens is 2. The minimum absolute atomic E-state index is 0.232. The smallest absolute Gasteiger partial charge is 0.252 e. The molecule has 0 aromatic heterocycles. The number of benzene rings is 1. The van der Waals surface area contributed by atoms with Gasteiger partial charge in [0, 0.05) is 18.0 Å². The molecule has 0 radical (unpaired) electrons. The molecule has 0 aliphatic heterocycles. The van der Waals surface area contributed by atoms with Gasteiger partial charge in [-0.15, -0.1) is 12.3 Å². The fourth-order valence-corrected chi connectivity index (χ4v) is 1.53. The van der Waals surface area contributed by atoms with Crippen molar-refractivity contribution in [3.63, 3.8) is 0 Å². The molecule has 0 saturated carbocycles. The van der Waals surface area contributed by atoms with Gasteiger partial charge in [-0.1, -0.05) is 23.2 Å². The molecule has 0 atom stereocenters. The molecule has 84 valence electrons. The van der Waals surface area contributed by atoms with E-state index in [-0.39, 0.29) is 5.91 Å². The Hall–Kier alpha value is -1.17. The van der Waals surface area contributed by atoms with Crippen molar-refractivity contribution in [1.82, 2.24) is 5.32 Å². The lowest BCUT2D eigenvalue weighted by Crippen LogP contribution is -2.24. The predicted molar refractivity (Wildman–Crippen MR) is 66.9 cm³/mol. The minimum atomic E-state index is -0.232. The number of rotatable bonds is 4. The third-order valence-corrected chi connectivity index (χ3v) is 2.52. The topological polar surface area (TPSA) is 29.1 Å². The Balaban J connectivity index is 2.59. The zero-order valence-corrected chi connectivity index (χ0v) is 10.1. The summed E-state index contributed by atoms with van der Waals surface area (Å²) in [6.45, 7) is 0.534. The van der Waals surface area contributed by atoms with Gasteiger partial charge in [-0.3, -0.25) is 4.79 Å². The largest absolute Gasteiger partial charge is 0.352 e. The number of terminal acetylenes is 1. The standard InChI is InChI=1S/C12H11Cl2NO/c1-2-3-4-7-15-12(16)10-8-9(13)5-6-11(10)14/h1,5-6,8H,3-4,7H2,(H,15,16). The van der Waals surface area contributed by atoms with Crippen LogP contribution in [0.15, 0.2) is 18.2 Å². The first kappa shape index (κ1) is 12.9. The van der Waals surface area contributed by atoms with E-state index >= 15 is 0 Å². The van der Waals surface area contributed by atoms with E-state index in [1.165, 1.54) is 0 Å². The summed E-state index contributed by atoms with van der Waals surface area (Å²) in [5.74, 6) is 2.27. The molecule has 0 aliphatic rings. The number of hydrogen-bond donors (Lipinski definition) is 1. The molecule has 1 N–H and O–H groups in total. The summed E-state index contributed by atoms with van der Waals surface area (Å²) in [5.41, 5.74) is 0.384. The average Bonchev–Trinajstić information content (AvgIpc) is 2.27. The zero-order valence-electron chi connectivity index (χ0n) is 8.59. The molecule has 0 bridgehead atoms. The summed E-state index contributed by atoms with van der Waals surface area (Å²) >= 11 is 11.7. The molecule has 2 nitrogen and oxygen atoms in total. The van der Waals surface area contributed by atoms with Crippen LogP contribution < -0.4 is 5.32 Å². The highest BCUT2D eigenvalue weighted by molar-refractivity contribution is 6.35. The molecule has 0 spiro atoms. The van der Waals surface area contributed by atoms with Gasteiger partial charge in [0.25, 0.3) is 5.91 Å². The highest BCUT2D eigenvalue weighted by Crippen LogP contribution is 2.20. The number of nitrogens with one attached hydrogen (secondary N) is 1. The number of carbonyl (C=O) groups excluding carboxylic acids is 1. The van der Waals surface area contributed by atoms with Crippen LogP contribution in [0.2, 0.25) is 10.0 Å². The van der Waals surface area contributed by atoms with Crippen LogP contribution in [0.25, 0.3) is 0 Å². The molecule has 0 saturated heterocycles. The van der Waals surface area contributed by atoms with Crippen LogP contribution >= 0.6 is 23.2 Å². The van der Waals surface area contributed by atoms with Gasteiger partial charge in [0.2, 0.25) is 0 Å². The first-order chi connectivity index (χ1) is 7.65. The fourth-order valence-electron chi connectivity index (χ4n) is 1.16. The Bertz CT molecular complexity index is 424. The molecule has 1 rings (SSSR count). The Morgan fingerprint density at radius 1 is 1.44 bits per heavy atom. The second-order valence-corrected chi connectivity index (χ2v) is 4.03. The Morgan fingerprint density at radius 2 is 2.19 bits per heavy atom. The molecular weight excluding hydrogens is 245 g/mol. The van der Waals surface area contributed by atoms with Crippen LogP contribution in [0.3, 0.4) is 0 Å². The summed E-state index contributed by atoms with van der Waals surface area (Å²) in [6.07, 6.45) is 6.49. The fraction of sp³-hybridized carbons (Fsp3) is 0.250. The first-order valence-corrected chi connectivity index (χ1v) is 5.57. The number of carbonyl (C=O) groups is 1. The lowest BCUT2D eigenvalue weighted by atomic mass is 10.2. The Kier molecular flexibility index (Phi) is 5.18. The van der Waals surface area contributed by atoms with Crippen molar-refractivity contribution >= 4 is 29.1 Å². The van der Waals surface area contributed by atoms with E-state index in [9.17, 15) is 4.79 Å². The third kappa shape index (κ3) is 3.77. The van der Waals surface area contributed by atoms with E-state index in [1.54, 1.807) is 18.2 Å². The van der Waals surface area contributed by atoms with Crippen molar-refractivity contribution in [1.29, 1.82) is 0 Å². The van der Waals surface area contributed by atoms with Crippen molar-refractivity contribution in [2.45, 2.75) is 12.8 Å². The second kappa shape index (κ2) is 6.42. The van der Waals surface area contributed by atoms with E-state index < -0.39 is 0 Å². The van der Waals surface area contributed by atoms with E-state index in [0.29, 0.717) is 28.6 Å². The summed E-state index contributed by atoms with van der Waals surface area (Å²) < 4.78 is 0. The normalized spacial score (nSPS) is 9.56. The van der Waals surface area contributed by atoms with Crippen LogP contribution in [0.4, 0.5) is 0 Å². The van der Waals surface area contributed by atoms with Crippen molar-refractivity contribution in [3.05, 3.63) is 33.8 Å². The first-order valence-electron chi connectivity index (χ1n) is 4.82. The molecule has 0 heterocycles. The third-order valence-electron chi connectivity index (χ3n) is 1.96. The van der Waals surface area contributed by atoms with E-state index in [0.717, 1.165) is 6.42 Å². The monoisotopic (exact) mass is 255 g/mol. The van der Waals surface area contributed by atoms with Crippen LogP contribution in [0.5, 0.6) is 0 Å². The predicted octanol–water partition coefficient (Wildman–Crippen LogP) is 3.14. The van der Waals surface area contributed by atoms with Gasteiger partial charge < -0.3 is 5.32 Å². The molecule has 4 heteroatoms. The van der Waals surface area contributed by atoms with Crippen molar-refractivity contribution in [2.24, 2.45) is 0 Å². The highest BCUT2D eigenvalue weighted by Gasteiger charge is 2.09. The Morgan fingerprint density at radius 3 is 2.88 bits per heavy atom. The van der Waals surface area contributed by atoms with Gasteiger partial charge in [-0.2, -0.15) is 0 Å². The summed E-state index contributed by atoms with van der Waals surface area (Å²) in [4.78, 5) is 11.7. The van der Waals surface area contributed by atoms with Crippen molar-refractivity contribution in [2.75, 3.05) is 6.54 Å². The quantitative estimate of drug-likeness (QED) is 0.650. The summed E-state index contributed by atoms with van der Waals surface area (Å²) in [7, 11) is 0. The van der Waals surface area contributed by atoms with Gasteiger partial charge in [-0.25, -0.2) is 0 Å². The molecule has 1 amide bonds. The second-order valence-electron chi connectivity index (χ2n) is 3.19. The summed E-state index contributed by atoms with van der Waals surface area (Å²) in [6, 6.07) is 4.78. The molecule has 1 aromatic carbocycles. The van der Waals surface area contributed by atoms with Gasteiger partial charge in [0.1, 0.15) is 0 Å². The van der Waals surface area contributed by atoms with Gasteiger partial charge in [0.15, 0.2) is 0 Å². The van der Waals surface area contributed by atoms with Gasteiger partial charge in [0.05, 0.1) is 10.6 Å². The number of amides is 1. The molecule has 0 fully saturated rings. The van der Waals surface area contributed by atoms with Crippen molar-refractivity contribution < 1.29 is 4.79 Å². The SMILES string of the molecule is C#CCCCNC(=O)c1cc(Cl)ccc1Cl. The molecule has 1 aromatic rings. The zero-order chi connectivity index (χ0) is 12.0. The van der Waals surface area contributed by atoms with Crippen LogP contribution in [0.1, 0.15) is 23.2 Å². The molecule has 0 unspecified atom stereocenters. The molecule has 0 aliphatic carbocycles. The molecular formula is C12H11Cl2NO. The van der Waals surface area contributed by atoms with Crippen LogP contribution in [0, 0.1) is 12.3 Å².